The Labute approximate surface area is 248 Å². The van der Waals surface area contributed by atoms with Crippen molar-refractivity contribution in [3.05, 3.63) is 102 Å². The van der Waals surface area contributed by atoms with Crippen molar-refractivity contribution < 1.29 is 25.0 Å². The molecule has 0 aromatic heterocycles. The molecule has 222 valence electrons. The molecule has 1 unspecified atom stereocenters. The maximum Gasteiger partial charge on any atom is 0.240 e. The second-order valence-corrected chi connectivity index (χ2v) is 10.7. The van der Waals surface area contributed by atoms with Crippen LogP contribution >= 0.6 is 0 Å². The van der Waals surface area contributed by atoms with E-state index >= 15 is 0 Å². The first kappa shape index (κ1) is 31.2. The molecular weight excluding hydrogens is 530 g/mol. The highest BCUT2D eigenvalue weighted by molar-refractivity contribution is 5.82. The molecule has 1 aliphatic heterocycles. The van der Waals surface area contributed by atoms with E-state index in [2.05, 4.69) is 22.1 Å². The second kappa shape index (κ2) is 15.5. The van der Waals surface area contributed by atoms with Gasteiger partial charge in [-0.05, 0) is 48.7 Å². The fraction of sp³-hybridized carbons (Fsp3) is 0.382. The molecule has 0 radical (unpaired) electrons. The van der Waals surface area contributed by atoms with Crippen LogP contribution in [0.1, 0.15) is 30.0 Å². The van der Waals surface area contributed by atoms with Crippen LogP contribution in [0.4, 0.5) is 5.69 Å². The van der Waals surface area contributed by atoms with E-state index in [9.17, 15) is 20.1 Å². The Balaban J connectivity index is 1.39. The van der Waals surface area contributed by atoms with Crippen LogP contribution < -0.4 is 10.2 Å². The Morgan fingerprint density at radius 1 is 1.02 bits per heavy atom. The highest BCUT2D eigenvalue weighted by Gasteiger charge is 2.49. The Morgan fingerprint density at radius 2 is 1.71 bits per heavy atom. The number of hydrogen-bond acceptors (Lipinski definition) is 7. The van der Waals surface area contributed by atoms with Gasteiger partial charge in [-0.2, -0.15) is 5.06 Å². The number of rotatable bonds is 12. The fourth-order valence-corrected chi connectivity index (χ4v) is 5.30. The minimum Gasteiger partial charge on any atom is -0.394 e. The van der Waals surface area contributed by atoms with Gasteiger partial charge in [0.05, 0.1) is 19.3 Å². The summed E-state index contributed by atoms with van der Waals surface area (Å²) in [7, 11) is 2.02. The molecule has 1 heterocycles. The molecule has 1 amide bonds. The molecule has 4 N–H and O–H groups in total. The number of aliphatic hydroxyl groups is 3. The number of nitrogens with zero attached hydrogens (tertiary/aromatic N) is 2. The number of hydroxylamine groups is 2. The Hall–Kier alpha value is -3.71. The number of anilines is 1. The zero-order valence-electron chi connectivity index (χ0n) is 24.3. The largest absolute Gasteiger partial charge is 0.394 e. The van der Waals surface area contributed by atoms with Gasteiger partial charge in [-0.15, -0.1) is 0 Å². The van der Waals surface area contributed by atoms with Crippen molar-refractivity contribution in [3.63, 3.8) is 0 Å². The van der Waals surface area contributed by atoms with Gasteiger partial charge in [-0.3, -0.25) is 9.63 Å². The van der Waals surface area contributed by atoms with Crippen LogP contribution in [0.5, 0.6) is 0 Å². The Kier molecular flexibility index (Phi) is 11.5. The van der Waals surface area contributed by atoms with E-state index in [1.807, 2.05) is 92.0 Å². The van der Waals surface area contributed by atoms with E-state index in [1.165, 1.54) is 0 Å². The van der Waals surface area contributed by atoms with E-state index in [1.54, 1.807) is 12.0 Å². The Bertz CT molecular complexity index is 1330. The van der Waals surface area contributed by atoms with Gasteiger partial charge in [0.2, 0.25) is 5.91 Å². The zero-order valence-corrected chi connectivity index (χ0v) is 24.3. The van der Waals surface area contributed by atoms with Crippen molar-refractivity contribution in [2.24, 2.45) is 5.92 Å². The molecule has 1 fully saturated rings. The molecule has 4 rings (SSSR count). The van der Waals surface area contributed by atoms with Crippen molar-refractivity contribution in [1.82, 2.24) is 10.4 Å². The maximum atomic E-state index is 13.4. The Morgan fingerprint density at radius 3 is 2.40 bits per heavy atom. The standard InChI is InChI=1S/C34H41N3O5/c1-25(39)32-31(24-38)42-37(33(32)34(41)35-19-10-20-36(2)29-15-7-4-8-16-29)23-28-14-9-13-27(21-28)17-18-30(40)22-26-11-5-3-6-12-26/h3-9,11-16,21,25,30-33,38-40H,10,19-20,22-24H2,1-2H3,(H,35,41)/t25-,30?,31-,32+,33-/m1/s1. The van der Waals surface area contributed by atoms with Crippen molar-refractivity contribution in [2.75, 3.05) is 31.6 Å². The minimum atomic E-state index is -0.865. The van der Waals surface area contributed by atoms with Crippen LogP contribution in [0.15, 0.2) is 84.9 Å². The molecule has 0 aliphatic carbocycles. The predicted octanol–water partition coefficient (Wildman–Crippen LogP) is 2.76. The normalized spacial score (nSPS) is 19.9. The van der Waals surface area contributed by atoms with Gasteiger partial charge in [-0.25, -0.2) is 0 Å². The van der Waals surface area contributed by atoms with E-state index in [0.717, 1.165) is 35.3 Å². The molecule has 8 nitrogen and oxygen atoms in total. The first-order chi connectivity index (χ1) is 20.4. The molecule has 1 saturated heterocycles. The van der Waals surface area contributed by atoms with Gasteiger partial charge in [0, 0.05) is 43.7 Å². The number of amides is 1. The molecule has 0 bridgehead atoms. The van der Waals surface area contributed by atoms with E-state index < -0.39 is 30.3 Å². The lowest BCUT2D eigenvalue weighted by Gasteiger charge is -2.26. The van der Waals surface area contributed by atoms with Crippen LogP contribution in [0, 0.1) is 17.8 Å². The van der Waals surface area contributed by atoms with Crippen molar-refractivity contribution in [2.45, 2.75) is 50.7 Å². The highest BCUT2D eigenvalue weighted by atomic mass is 16.7. The highest BCUT2D eigenvalue weighted by Crippen LogP contribution is 2.32. The first-order valence-electron chi connectivity index (χ1n) is 14.4. The third-order valence-corrected chi connectivity index (χ3v) is 7.47. The van der Waals surface area contributed by atoms with Gasteiger partial charge in [0.15, 0.2) is 0 Å². The first-order valence-corrected chi connectivity index (χ1v) is 14.4. The summed E-state index contributed by atoms with van der Waals surface area (Å²) < 4.78 is 0. The quantitative estimate of drug-likeness (QED) is 0.196. The summed E-state index contributed by atoms with van der Waals surface area (Å²) in [6.45, 7) is 2.79. The SMILES string of the molecule is C[C@@H](O)[C@H]1[C@@H](CO)ON(Cc2cccc(C#CC(O)Cc3ccccc3)c2)[C@H]1C(=O)NCCCN(C)c1ccccc1. The molecular formula is C34H41N3O5. The topological polar surface area (TPSA) is 105 Å². The summed E-state index contributed by atoms with van der Waals surface area (Å²) in [5.41, 5.74) is 3.70. The lowest BCUT2D eigenvalue weighted by atomic mass is 9.89. The monoisotopic (exact) mass is 571 g/mol. The van der Waals surface area contributed by atoms with Crippen LogP contribution in [0.2, 0.25) is 0 Å². The van der Waals surface area contributed by atoms with E-state index in [0.29, 0.717) is 13.0 Å². The lowest BCUT2D eigenvalue weighted by molar-refractivity contribution is -0.181. The smallest absolute Gasteiger partial charge is 0.240 e. The van der Waals surface area contributed by atoms with Gasteiger partial charge < -0.3 is 25.5 Å². The summed E-state index contributed by atoms with van der Waals surface area (Å²) in [6.07, 6.45) is -1.19. The summed E-state index contributed by atoms with van der Waals surface area (Å²) in [6, 6.07) is 26.5. The zero-order chi connectivity index (χ0) is 29.9. The fourth-order valence-electron chi connectivity index (χ4n) is 5.30. The third kappa shape index (κ3) is 8.65. The number of carbonyl (C=O) groups excluding carboxylic acids is 1. The number of hydrogen-bond donors (Lipinski definition) is 4. The maximum absolute atomic E-state index is 13.4. The number of nitrogens with one attached hydrogen (secondary N) is 1. The van der Waals surface area contributed by atoms with Crippen molar-refractivity contribution in [3.8, 4) is 11.8 Å². The molecule has 5 atom stereocenters. The van der Waals surface area contributed by atoms with E-state index in [4.69, 9.17) is 4.84 Å². The predicted molar refractivity (Wildman–Crippen MR) is 163 cm³/mol. The minimum absolute atomic E-state index is 0.251. The number of benzene rings is 3. The molecule has 8 heteroatoms. The molecule has 3 aromatic rings. The molecule has 0 spiro atoms. The van der Waals surface area contributed by atoms with Crippen LogP contribution in [-0.2, 0) is 22.6 Å². The van der Waals surface area contributed by atoms with Crippen molar-refractivity contribution >= 4 is 11.6 Å². The molecule has 1 aliphatic rings. The van der Waals surface area contributed by atoms with Crippen LogP contribution in [0.25, 0.3) is 0 Å². The summed E-state index contributed by atoms with van der Waals surface area (Å²) in [4.78, 5) is 21.6. The summed E-state index contributed by atoms with van der Waals surface area (Å²) in [5, 5.41) is 35.5. The van der Waals surface area contributed by atoms with Gasteiger partial charge in [-0.1, -0.05) is 72.5 Å². The summed E-state index contributed by atoms with van der Waals surface area (Å²) >= 11 is 0. The van der Waals surface area contributed by atoms with Crippen molar-refractivity contribution in [1.29, 1.82) is 0 Å². The number of para-hydroxylation sites is 1. The second-order valence-electron chi connectivity index (χ2n) is 10.7. The molecule has 0 saturated carbocycles. The summed E-state index contributed by atoms with van der Waals surface area (Å²) in [5.74, 6) is 5.10. The number of carbonyl (C=O) groups is 1. The average Bonchev–Trinajstić information content (AvgIpc) is 3.38. The van der Waals surface area contributed by atoms with Gasteiger partial charge in [0.1, 0.15) is 18.2 Å². The van der Waals surface area contributed by atoms with Crippen LogP contribution in [-0.4, -0.2) is 77.4 Å². The molecule has 42 heavy (non-hydrogen) atoms. The van der Waals surface area contributed by atoms with Gasteiger partial charge >= 0.3 is 0 Å². The third-order valence-electron chi connectivity index (χ3n) is 7.47. The van der Waals surface area contributed by atoms with Gasteiger partial charge in [0.25, 0.3) is 0 Å². The van der Waals surface area contributed by atoms with E-state index in [-0.39, 0.29) is 19.1 Å². The van der Waals surface area contributed by atoms with Crippen LogP contribution in [0.3, 0.4) is 0 Å². The number of aliphatic hydroxyl groups excluding tert-OH is 3. The molecule has 3 aromatic carbocycles. The average molecular weight is 572 g/mol. The lowest BCUT2D eigenvalue weighted by Crippen LogP contribution is -2.49.